The van der Waals surface area contributed by atoms with Crippen LogP contribution in [0.3, 0.4) is 0 Å². The van der Waals surface area contributed by atoms with Crippen LogP contribution in [0.5, 0.6) is 0 Å². The largest absolute Gasteiger partial charge is 0.465 e. The first-order valence-corrected chi connectivity index (χ1v) is 6.86. The van der Waals surface area contributed by atoms with Gasteiger partial charge in [-0.15, -0.1) is 0 Å². The summed E-state index contributed by atoms with van der Waals surface area (Å²) < 4.78 is 5.03. The Bertz CT molecular complexity index is 366. The molecule has 0 aromatic heterocycles. The zero-order chi connectivity index (χ0) is 12.8. The smallest absolute Gasteiger partial charge is 0.319 e. The Labute approximate surface area is 109 Å². The van der Waals surface area contributed by atoms with Crippen molar-refractivity contribution in [3.63, 3.8) is 0 Å². The van der Waals surface area contributed by atoms with Gasteiger partial charge in [-0.1, -0.05) is 15.9 Å². The lowest BCUT2D eigenvalue weighted by Crippen LogP contribution is -2.56. The van der Waals surface area contributed by atoms with Crippen LogP contribution in [-0.4, -0.2) is 33.9 Å². The number of rotatable bonds is 2. The average molecular weight is 305 g/mol. The van der Waals surface area contributed by atoms with Gasteiger partial charge in [-0.3, -0.25) is 9.59 Å². The molecule has 96 valence electrons. The standard InChI is InChI=1S/C12H17BrO4/c1-3-17-10(15)12-5-4-7(9(12)14)11(2,16)8(13)6-12/h7-8,16H,3-6H2,1-2H3/t7-,8-,11+,12+/m0/s1. The highest BCUT2D eigenvalue weighted by atomic mass is 79.9. The lowest BCUT2D eigenvalue weighted by atomic mass is 9.68. The molecule has 0 radical (unpaired) electrons. The third kappa shape index (κ3) is 1.66. The Morgan fingerprint density at radius 3 is 2.88 bits per heavy atom. The van der Waals surface area contributed by atoms with E-state index in [2.05, 4.69) is 15.9 Å². The number of aliphatic hydroxyl groups is 1. The second kappa shape index (κ2) is 4.05. The molecule has 2 fully saturated rings. The van der Waals surface area contributed by atoms with Crippen LogP contribution >= 0.6 is 15.9 Å². The molecule has 0 heterocycles. The van der Waals surface area contributed by atoms with Crippen molar-refractivity contribution in [1.29, 1.82) is 0 Å². The zero-order valence-electron chi connectivity index (χ0n) is 10.0. The number of fused-ring (bicyclic) bond motifs is 2. The first kappa shape index (κ1) is 13.0. The van der Waals surface area contributed by atoms with E-state index in [0.29, 0.717) is 19.3 Å². The van der Waals surface area contributed by atoms with Gasteiger partial charge in [0.2, 0.25) is 0 Å². The average Bonchev–Trinajstić information content (AvgIpc) is 2.52. The van der Waals surface area contributed by atoms with E-state index in [1.807, 2.05) is 0 Å². The molecule has 1 N–H and O–H groups in total. The number of carbonyl (C=O) groups excluding carboxylic acids is 2. The molecule has 2 aliphatic carbocycles. The number of hydrogen-bond acceptors (Lipinski definition) is 4. The van der Waals surface area contributed by atoms with Crippen molar-refractivity contribution < 1.29 is 19.4 Å². The highest BCUT2D eigenvalue weighted by Gasteiger charge is 2.65. The van der Waals surface area contributed by atoms with Crippen molar-refractivity contribution in [1.82, 2.24) is 0 Å². The van der Waals surface area contributed by atoms with Gasteiger partial charge in [0.15, 0.2) is 5.78 Å². The molecule has 0 unspecified atom stereocenters. The van der Waals surface area contributed by atoms with E-state index in [4.69, 9.17) is 4.74 Å². The third-order valence-electron chi connectivity index (χ3n) is 4.18. The van der Waals surface area contributed by atoms with E-state index < -0.39 is 22.9 Å². The van der Waals surface area contributed by atoms with Crippen molar-refractivity contribution in [3.8, 4) is 0 Å². The normalized spacial score (nSPS) is 44.8. The van der Waals surface area contributed by atoms with E-state index in [0.717, 1.165) is 0 Å². The highest BCUT2D eigenvalue weighted by molar-refractivity contribution is 9.09. The van der Waals surface area contributed by atoms with E-state index in [-0.39, 0.29) is 17.2 Å². The van der Waals surface area contributed by atoms with Gasteiger partial charge < -0.3 is 9.84 Å². The van der Waals surface area contributed by atoms with Crippen LogP contribution in [0, 0.1) is 11.3 Å². The number of carbonyl (C=O) groups is 2. The fourth-order valence-corrected chi connectivity index (χ4v) is 3.90. The quantitative estimate of drug-likeness (QED) is 0.476. The Kier molecular flexibility index (Phi) is 3.11. The molecule has 2 saturated carbocycles. The van der Waals surface area contributed by atoms with Gasteiger partial charge in [0.1, 0.15) is 5.41 Å². The van der Waals surface area contributed by atoms with Crippen LogP contribution in [0.4, 0.5) is 0 Å². The third-order valence-corrected chi connectivity index (χ3v) is 5.43. The number of esters is 1. The minimum atomic E-state index is -1.07. The summed E-state index contributed by atoms with van der Waals surface area (Å²) in [5.41, 5.74) is -2.08. The Morgan fingerprint density at radius 1 is 1.65 bits per heavy atom. The minimum absolute atomic E-state index is 0.142. The van der Waals surface area contributed by atoms with Crippen LogP contribution in [0.1, 0.15) is 33.1 Å². The number of alkyl halides is 1. The second-order valence-corrected chi connectivity index (χ2v) is 6.26. The maximum atomic E-state index is 12.3. The van der Waals surface area contributed by atoms with Gasteiger partial charge in [0.25, 0.3) is 0 Å². The number of ether oxygens (including phenoxy) is 1. The number of Topliss-reactive ketones (excluding diaryl/α,β-unsaturated/α-hetero) is 1. The number of ketones is 1. The predicted octanol–water partition coefficient (Wildman–Crippen LogP) is 1.43. The van der Waals surface area contributed by atoms with Gasteiger partial charge in [-0.05, 0) is 33.1 Å². The van der Waals surface area contributed by atoms with Crippen molar-refractivity contribution in [2.75, 3.05) is 6.61 Å². The second-order valence-electron chi connectivity index (χ2n) is 5.16. The molecule has 4 nitrogen and oxygen atoms in total. The Morgan fingerprint density at radius 2 is 2.29 bits per heavy atom. The molecule has 0 saturated heterocycles. The molecule has 0 spiro atoms. The Hall–Kier alpha value is -0.420. The van der Waals surface area contributed by atoms with Gasteiger partial charge in [-0.25, -0.2) is 0 Å². The molecule has 2 aliphatic rings. The fraction of sp³-hybridized carbons (Fsp3) is 0.833. The molecule has 5 heteroatoms. The van der Waals surface area contributed by atoms with Crippen LogP contribution in [0.15, 0.2) is 0 Å². The van der Waals surface area contributed by atoms with E-state index in [9.17, 15) is 14.7 Å². The fourth-order valence-electron chi connectivity index (χ4n) is 3.02. The zero-order valence-corrected chi connectivity index (χ0v) is 11.6. The summed E-state index contributed by atoms with van der Waals surface area (Å²) in [7, 11) is 0. The molecule has 2 rings (SSSR count). The molecule has 4 atom stereocenters. The van der Waals surface area contributed by atoms with Gasteiger partial charge in [-0.2, -0.15) is 0 Å². The van der Waals surface area contributed by atoms with E-state index in [1.165, 1.54) is 0 Å². The molecule has 0 aromatic carbocycles. The van der Waals surface area contributed by atoms with Gasteiger partial charge in [0.05, 0.1) is 12.2 Å². The SMILES string of the molecule is CCOC(=O)[C@@]12CC[C@@H](C1=O)[C@@](C)(O)[C@@H](Br)C2. The number of hydrogen-bond donors (Lipinski definition) is 1. The lowest BCUT2D eigenvalue weighted by Gasteiger charge is -2.41. The summed E-state index contributed by atoms with van der Waals surface area (Å²) in [5, 5.41) is 10.3. The molecule has 0 aliphatic heterocycles. The van der Waals surface area contributed by atoms with Gasteiger partial charge in [0, 0.05) is 10.7 Å². The molecule has 0 aromatic rings. The predicted molar refractivity (Wildman–Crippen MR) is 64.8 cm³/mol. The van der Waals surface area contributed by atoms with Gasteiger partial charge >= 0.3 is 5.97 Å². The first-order chi connectivity index (χ1) is 7.86. The van der Waals surface area contributed by atoms with Crippen LogP contribution in [0.2, 0.25) is 0 Å². The molecular formula is C12H17BrO4. The summed E-state index contributed by atoms with van der Waals surface area (Å²) in [5.74, 6) is -1.02. The van der Waals surface area contributed by atoms with E-state index in [1.54, 1.807) is 13.8 Å². The topological polar surface area (TPSA) is 63.6 Å². The monoisotopic (exact) mass is 304 g/mol. The highest BCUT2D eigenvalue weighted by Crippen LogP contribution is 2.55. The maximum absolute atomic E-state index is 12.3. The maximum Gasteiger partial charge on any atom is 0.319 e. The van der Waals surface area contributed by atoms with Crippen molar-refractivity contribution >= 4 is 27.7 Å². The van der Waals surface area contributed by atoms with Crippen molar-refractivity contribution in [2.24, 2.45) is 11.3 Å². The summed E-state index contributed by atoms with van der Waals surface area (Å²) in [6.45, 7) is 3.67. The van der Waals surface area contributed by atoms with E-state index >= 15 is 0 Å². The number of halogens is 1. The van der Waals surface area contributed by atoms with Crippen molar-refractivity contribution in [2.45, 2.75) is 43.5 Å². The summed E-state index contributed by atoms with van der Waals surface area (Å²) in [4.78, 5) is 24.1. The molecular weight excluding hydrogens is 288 g/mol. The van der Waals surface area contributed by atoms with Crippen LogP contribution in [-0.2, 0) is 14.3 Å². The minimum Gasteiger partial charge on any atom is -0.465 e. The van der Waals surface area contributed by atoms with Crippen LogP contribution < -0.4 is 0 Å². The Balaban J connectivity index is 2.34. The van der Waals surface area contributed by atoms with Crippen molar-refractivity contribution in [3.05, 3.63) is 0 Å². The molecule has 0 amide bonds. The summed E-state index contributed by atoms with van der Waals surface area (Å²) in [6.07, 6.45) is 1.38. The lowest BCUT2D eigenvalue weighted by molar-refractivity contribution is -0.165. The summed E-state index contributed by atoms with van der Waals surface area (Å²) >= 11 is 3.40. The summed E-state index contributed by atoms with van der Waals surface area (Å²) in [6, 6.07) is 0. The molecule has 2 bridgehead atoms. The molecule has 17 heavy (non-hydrogen) atoms. The first-order valence-electron chi connectivity index (χ1n) is 5.94. The van der Waals surface area contributed by atoms with Crippen LogP contribution in [0.25, 0.3) is 0 Å².